The fraction of sp³-hybridized carbons (Fsp3) is 0.571. The van der Waals surface area contributed by atoms with Crippen LogP contribution in [0.2, 0.25) is 0 Å². The van der Waals surface area contributed by atoms with Gasteiger partial charge in [-0.05, 0) is 37.5 Å². The Balaban J connectivity index is 1.68. The molecule has 1 aromatic rings. The van der Waals surface area contributed by atoms with Gasteiger partial charge in [0.05, 0.1) is 5.56 Å². The third-order valence-corrected chi connectivity index (χ3v) is 4.01. The normalized spacial score (nSPS) is 24.1. The summed E-state index contributed by atoms with van der Waals surface area (Å²) in [7, 11) is 0. The molecule has 0 radical (unpaired) electrons. The van der Waals surface area contributed by atoms with Gasteiger partial charge in [-0.2, -0.15) is 13.2 Å². The van der Waals surface area contributed by atoms with Crippen LogP contribution in [-0.4, -0.2) is 30.1 Å². The molecule has 1 saturated carbocycles. The fourth-order valence-electron chi connectivity index (χ4n) is 2.80. The van der Waals surface area contributed by atoms with Crippen molar-refractivity contribution in [2.75, 3.05) is 24.1 Å². The molecule has 6 heteroatoms. The Hall–Kier alpha value is -1.43. The molecule has 20 heavy (non-hydrogen) atoms. The number of alkyl halides is 3. The number of nitrogen functional groups attached to an aromatic ring is 1. The summed E-state index contributed by atoms with van der Waals surface area (Å²) in [5, 5.41) is 3.20. The minimum atomic E-state index is -4.41. The van der Waals surface area contributed by atoms with Crippen molar-refractivity contribution in [1.82, 2.24) is 4.90 Å². The van der Waals surface area contributed by atoms with Gasteiger partial charge in [-0.15, -0.1) is 0 Å². The Kier molecular flexibility index (Phi) is 3.28. The van der Waals surface area contributed by atoms with Crippen molar-refractivity contribution in [1.29, 1.82) is 0 Å². The van der Waals surface area contributed by atoms with Crippen molar-refractivity contribution in [3.05, 3.63) is 23.8 Å². The summed E-state index contributed by atoms with van der Waals surface area (Å²) >= 11 is 0. The van der Waals surface area contributed by atoms with E-state index in [4.69, 9.17) is 5.73 Å². The number of anilines is 2. The maximum absolute atomic E-state index is 12.8. The molecule has 1 unspecified atom stereocenters. The quantitative estimate of drug-likeness (QED) is 0.839. The highest BCUT2D eigenvalue weighted by Gasteiger charge is 2.35. The largest absolute Gasteiger partial charge is 0.418 e. The molecule has 0 aromatic heterocycles. The predicted molar refractivity (Wildman–Crippen MR) is 72.5 cm³/mol. The zero-order valence-corrected chi connectivity index (χ0v) is 11.1. The van der Waals surface area contributed by atoms with E-state index >= 15 is 0 Å². The first-order chi connectivity index (χ1) is 9.43. The van der Waals surface area contributed by atoms with Crippen molar-refractivity contribution in [2.45, 2.75) is 37.5 Å². The topological polar surface area (TPSA) is 41.3 Å². The van der Waals surface area contributed by atoms with Gasteiger partial charge in [0, 0.05) is 36.5 Å². The van der Waals surface area contributed by atoms with E-state index in [1.54, 1.807) is 6.07 Å². The van der Waals surface area contributed by atoms with Crippen LogP contribution in [-0.2, 0) is 6.18 Å². The predicted octanol–water partition coefficient (Wildman–Crippen LogP) is 2.94. The Bertz CT molecular complexity index is 497. The molecule has 1 heterocycles. The highest BCUT2D eigenvalue weighted by atomic mass is 19.4. The Morgan fingerprint density at radius 3 is 2.60 bits per heavy atom. The molecule has 0 bridgehead atoms. The average molecular weight is 285 g/mol. The summed E-state index contributed by atoms with van der Waals surface area (Å²) in [6, 6.07) is 4.97. The van der Waals surface area contributed by atoms with Gasteiger partial charge in [0.25, 0.3) is 0 Å². The molecule has 3 N–H and O–H groups in total. The number of nitrogens with two attached hydrogens (primary N) is 1. The van der Waals surface area contributed by atoms with E-state index in [1.165, 1.54) is 18.9 Å². The second-order valence-electron chi connectivity index (χ2n) is 5.66. The van der Waals surface area contributed by atoms with Crippen molar-refractivity contribution < 1.29 is 13.2 Å². The van der Waals surface area contributed by atoms with E-state index in [-0.39, 0.29) is 11.7 Å². The summed E-state index contributed by atoms with van der Waals surface area (Å²) in [5.74, 6) is 0. The van der Waals surface area contributed by atoms with Crippen molar-refractivity contribution in [3.8, 4) is 0 Å². The molecular weight excluding hydrogens is 267 g/mol. The minimum Gasteiger partial charge on any atom is -0.398 e. The standard InChI is InChI=1S/C14H18F3N3/c15-14(16,17)12-7-9(1-4-13(12)18)19-10-5-6-20(8-10)11-2-3-11/h1,4,7,10-11,19H,2-3,5-6,8,18H2. The van der Waals surface area contributed by atoms with E-state index in [1.807, 2.05) is 0 Å². The molecule has 2 fully saturated rings. The molecule has 1 aliphatic heterocycles. The van der Waals surface area contributed by atoms with Gasteiger partial charge >= 0.3 is 6.18 Å². The van der Waals surface area contributed by atoms with Crippen molar-refractivity contribution in [2.24, 2.45) is 0 Å². The first kappa shape index (κ1) is 13.5. The molecular formula is C14H18F3N3. The van der Waals surface area contributed by atoms with Crippen molar-refractivity contribution in [3.63, 3.8) is 0 Å². The number of nitrogens with one attached hydrogen (secondary N) is 1. The lowest BCUT2D eigenvalue weighted by atomic mass is 10.1. The van der Waals surface area contributed by atoms with E-state index in [9.17, 15) is 13.2 Å². The van der Waals surface area contributed by atoms with Crippen LogP contribution >= 0.6 is 0 Å². The third-order valence-electron chi connectivity index (χ3n) is 4.01. The van der Waals surface area contributed by atoms with Gasteiger partial charge in [-0.1, -0.05) is 0 Å². The van der Waals surface area contributed by atoms with Crippen LogP contribution in [0.25, 0.3) is 0 Å². The maximum atomic E-state index is 12.8. The molecule has 3 rings (SSSR count). The summed E-state index contributed by atoms with van der Waals surface area (Å²) < 4.78 is 38.4. The molecule has 3 nitrogen and oxygen atoms in total. The average Bonchev–Trinajstić information content (AvgIpc) is 3.12. The second-order valence-corrected chi connectivity index (χ2v) is 5.66. The van der Waals surface area contributed by atoms with Crippen LogP contribution in [0, 0.1) is 0 Å². The summed E-state index contributed by atoms with van der Waals surface area (Å²) in [6.45, 7) is 1.94. The molecule has 1 aliphatic carbocycles. The second kappa shape index (κ2) is 4.84. The van der Waals surface area contributed by atoms with E-state index < -0.39 is 11.7 Å². The zero-order valence-electron chi connectivity index (χ0n) is 11.1. The first-order valence-corrected chi connectivity index (χ1v) is 6.91. The van der Waals surface area contributed by atoms with E-state index in [0.717, 1.165) is 25.6 Å². The van der Waals surface area contributed by atoms with Gasteiger partial charge < -0.3 is 11.1 Å². The van der Waals surface area contributed by atoms with Crippen LogP contribution in [0.1, 0.15) is 24.8 Å². The molecule has 110 valence electrons. The van der Waals surface area contributed by atoms with E-state index in [2.05, 4.69) is 10.2 Å². The summed E-state index contributed by atoms with van der Waals surface area (Å²) in [5.41, 5.74) is 4.90. The highest BCUT2D eigenvalue weighted by molar-refractivity contribution is 5.58. The Morgan fingerprint density at radius 1 is 1.20 bits per heavy atom. The molecule has 1 saturated heterocycles. The summed E-state index contributed by atoms with van der Waals surface area (Å²) in [6.07, 6.45) is -0.917. The monoisotopic (exact) mass is 285 g/mol. The van der Waals surface area contributed by atoms with Crippen LogP contribution < -0.4 is 11.1 Å². The molecule has 0 amide bonds. The molecule has 2 aliphatic rings. The smallest absolute Gasteiger partial charge is 0.398 e. The van der Waals surface area contributed by atoms with E-state index in [0.29, 0.717) is 11.7 Å². The maximum Gasteiger partial charge on any atom is 0.418 e. The van der Waals surface area contributed by atoms with Crippen molar-refractivity contribution >= 4 is 11.4 Å². The molecule has 1 atom stereocenters. The number of hydrogen-bond acceptors (Lipinski definition) is 3. The first-order valence-electron chi connectivity index (χ1n) is 6.91. The Morgan fingerprint density at radius 2 is 1.95 bits per heavy atom. The van der Waals surface area contributed by atoms with Crippen LogP contribution in [0.5, 0.6) is 0 Å². The summed E-state index contributed by atoms with van der Waals surface area (Å²) in [4.78, 5) is 2.42. The molecule has 1 aromatic carbocycles. The SMILES string of the molecule is Nc1ccc(NC2CCN(C3CC3)C2)cc1C(F)(F)F. The number of nitrogens with zero attached hydrogens (tertiary/aromatic N) is 1. The molecule has 0 spiro atoms. The van der Waals surface area contributed by atoms with Crippen LogP contribution in [0.3, 0.4) is 0 Å². The lowest BCUT2D eigenvalue weighted by molar-refractivity contribution is -0.136. The third kappa shape index (κ3) is 2.85. The van der Waals surface area contributed by atoms with Gasteiger partial charge in [-0.3, -0.25) is 4.90 Å². The fourth-order valence-corrected chi connectivity index (χ4v) is 2.80. The minimum absolute atomic E-state index is 0.223. The number of halogens is 3. The van der Waals surface area contributed by atoms with Crippen LogP contribution in [0.4, 0.5) is 24.5 Å². The number of hydrogen-bond donors (Lipinski definition) is 2. The number of benzene rings is 1. The highest BCUT2D eigenvalue weighted by Crippen LogP contribution is 2.36. The number of likely N-dealkylation sites (tertiary alicyclic amines) is 1. The Labute approximate surface area is 115 Å². The number of rotatable bonds is 3. The van der Waals surface area contributed by atoms with Gasteiger partial charge in [-0.25, -0.2) is 0 Å². The van der Waals surface area contributed by atoms with Crippen LogP contribution in [0.15, 0.2) is 18.2 Å². The lowest BCUT2D eigenvalue weighted by Crippen LogP contribution is -2.27. The van der Waals surface area contributed by atoms with Gasteiger partial charge in [0.1, 0.15) is 0 Å². The zero-order chi connectivity index (χ0) is 14.3. The lowest BCUT2D eigenvalue weighted by Gasteiger charge is -2.18. The van der Waals surface area contributed by atoms with Gasteiger partial charge in [0.2, 0.25) is 0 Å². The van der Waals surface area contributed by atoms with Gasteiger partial charge in [0.15, 0.2) is 0 Å².